The van der Waals surface area contributed by atoms with Crippen LogP contribution >= 0.6 is 0 Å². The third-order valence-corrected chi connectivity index (χ3v) is 6.40. The molecule has 178 valence electrons. The number of nitrogens with one attached hydrogen (secondary N) is 2. The highest BCUT2D eigenvalue weighted by molar-refractivity contribution is 7.92. The van der Waals surface area contributed by atoms with E-state index in [0.29, 0.717) is 22.8 Å². The quantitative estimate of drug-likeness (QED) is 0.289. The molecule has 0 atom stereocenters. The van der Waals surface area contributed by atoms with Crippen molar-refractivity contribution in [3.05, 3.63) is 90.0 Å². The number of aromatic nitrogens is 4. The summed E-state index contributed by atoms with van der Waals surface area (Å²) < 4.78 is 27.6. The third kappa shape index (κ3) is 6.15. The van der Waals surface area contributed by atoms with Crippen LogP contribution in [0.15, 0.2) is 88.9 Å². The average molecular weight is 490 g/mol. The van der Waals surface area contributed by atoms with E-state index in [9.17, 15) is 13.2 Å². The number of sulfonamides is 1. The van der Waals surface area contributed by atoms with E-state index in [1.807, 2.05) is 37.3 Å². The van der Waals surface area contributed by atoms with E-state index in [-0.39, 0.29) is 11.4 Å². The van der Waals surface area contributed by atoms with Crippen LogP contribution in [0, 0.1) is 6.92 Å². The van der Waals surface area contributed by atoms with E-state index < -0.39 is 15.9 Å². The Hall–Kier alpha value is -4.38. The second-order valence-corrected chi connectivity index (χ2v) is 9.42. The van der Waals surface area contributed by atoms with Gasteiger partial charge in [0.05, 0.1) is 10.6 Å². The van der Waals surface area contributed by atoms with Gasteiger partial charge in [0, 0.05) is 11.3 Å². The minimum absolute atomic E-state index is 0.143. The lowest BCUT2D eigenvalue weighted by Gasteiger charge is -2.09. The molecular weight excluding hydrogens is 466 g/mol. The fourth-order valence-electron chi connectivity index (χ4n) is 3.10. The molecule has 0 aliphatic carbocycles. The van der Waals surface area contributed by atoms with Gasteiger partial charge >= 0.3 is 0 Å². The van der Waals surface area contributed by atoms with Crippen molar-refractivity contribution in [2.75, 3.05) is 4.72 Å². The van der Waals surface area contributed by atoms with Crippen LogP contribution in [0.2, 0.25) is 0 Å². The van der Waals surface area contributed by atoms with Crippen LogP contribution in [-0.2, 0) is 21.4 Å². The fourth-order valence-corrected chi connectivity index (χ4v) is 4.16. The highest BCUT2D eigenvalue weighted by Gasteiger charge is 2.14. The molecule has 3 aromatic carbocycles. The van der Waals surface area contributed by atoms with E-state index in [2.05, 4.69) is 30.7 Å². The van der Waals surface area contributed by atoms with Crippen molar-refractivity contribution in [2.45, 2.75) is 25.3 Å². The Morgan fingerprint density at radius 2 is 1.66 bits per heavy atom. The summed E-state index contributed by atoms with van der Waals surface area (Å²) in [5.74, 6) is 0.0139. The Labute approximate surface area is 202 Å². The summed E-state index contributed by atoms with van der Waals surface area (Å²) in [6.07, 6.45) is 0. The van der Waals surface area contributed by atoms with Gasteiger partial charge < -0.3 is 0 Å². The molecule has 0 radical (unpaired) electrons. The van der Waals surface area contributed by atoms with Crippen molar-refractivity contribution in [2.24, 2.45) is 5.10 Å². The summed E-state index contributed by atoms with van der Waals surface area (Å²) >= 11 is 0. The monoisotopic (exact) mass is 489 g/mol. The number of hydrazone groups is 1. The number of amides is 1. The van der Waals surface area contributed by atoms with Gasteiger partial charge in [0.25, 0.3) is 15.9 Å². The molecular formula is C24H23N7O3S. The van der Waals surface area contributed by atoms with Crippen molar-refractivity contribution in [1.29, 1.82) is 0 Å². The van der Waals surface area contributed by atoms with Gasteiger partial charge in [-0.15, -0.1) is 10.2 Å². The number of carbonyl (C=O) groups is 1. The molecule has 1 aromatic heterocycles. The Morgan fingerprint density at radius 3 is 2.34 bits per heavy atom. The van der Waals surface area contributed by atoms with E-state index in [0.717, 1.165) is 11.1 Å². The first kappa shape index (κ1) is 23.8. The minimum atomic E-state index is -3.69. The van der Waals surface area contributed by atoms with Crippen LogP contribution in [-0.4, -0.2) is 40.2 Å². The second-order valence-electron chi connectivity index (χ2n) is 7.74. The molecule has 0 saturated heterocycles. The maximum absolute atomic E-state index is 12.5. The zero-order chi connectivity index (χ0) is 24.8. The number of anilines is 1. The van der Waals surface area contributed by atoms with Gasteiger partial charge in [-0.1, -0.05) is 60.2 Å². The van der Waals surface area contributed by atoms with Gasteiger partial charge in [-0.2, -0.15) is 9.90 Å². The summed E-state index contributed by atoms with van der Waals surface area (Å²) in [7, 11) is -3.69. The van der Waals surface area contributed by atoms with Crippen LogP contribution in [0.5, 0.6) is 0 Å². The fraction of sp³-hybridized carbons (Fsp3) is 0.125. The summed E-state index contributed by atoms with van der Waals surface area (Å²) in [4.78, 5) is 13.6. The first-order valence-corrected chi connectivity index (χ1v) is 12.1. The minimum Gasteiger partial charge on any atom is -0.280 e. The molecule has 0 aliphatic rings. The van der Waals surface area contributed by atoms with Crippen molar-refractivity contribution >= 4 is 27.3 Å². The standard InChI is InChI=1S/C24H23N7O3S/c1-17-8-14-22(15-9-17)35(33,34)29-21-12-10-19(11-13-21)18(2)25-26-23(32)16-31-28-24(27-30-31)20-6-4-3-5-7-20/h3-15,29H,16H2,1-2H3,(H,26,32)/b25-18+. The molecule has 0 unspecified atom stereocenters. The second kappa shape index (κ2) is 10.3. The van der Waals surface area contributed by atoms with Crippen LogP contribution in [0.4, 0.5) is 5.69 Å². The van der Waals surface area contributed by atoms with E-state index in [1.165, 1.54) is 4.80 Å². The smallest absolute Gasteiger partial charge is 0.263 e. The number of nitrogens with zero attached hydrogens (tertiary/aromatic N) is 5. The van der Waals surface area contributed by atoms with Gasteiger partial charge in [-0.3, -0.25) is 9.52 Å². The summed E-state index contributed by atoms with van der Waals surface area (Å²) in [6, 6.07) is 22.6. The normalized spacial score (nSPS) is 11.8. The maximum Gasteiger partial charge on any atom is 0.263 e. The molecule has 0 bridgehead atoms. The number of benzene rings is 3. The molecule has 11 heteroatoms. The molecule has 2 N–H and O–H groups in total. The zero-order valence-electron chi connectivity index (χ0n) is 19.1. The Kier molecular flexibility index (Phi) is 6.97. The molecule has 1 amide bonds. The lowest BCUT2D eigenvalue weighted by atomic mass is 10.1. The summed E-state index contributed by atoms with van der Waals surface area (Å²) in [5.41, 5.74) is 5.92. The first-order chi connectivity index (χ1) is 16.8. The molecule has 35 heavy (non-hydrogen) atoms. The summed E-state index contributed by atoms with van der Waals surface area (Å²) in [6.45, 7) is 3.48. The highest BCUT2D eigenvalue weighted by atomic mass is 32.2. The average Bonchev–Trinajstić information content (AvgIpc) is 3.32. The van der Waals surface area contributed by atoms with Gasteiger partial charge in [0.1, 0.15) is 6.54 Å². The van der Waals surface area contributed by atoms with Crippen LogP contribution in [0.3, 0.4) is 0 Å². The van der Waals surface area contributed by atoms with Crippen molar-refractivity contribution in [1.82, 2.24) is 25.6 Å². The molecule has 0 spiro atoms. The first-order valence-electron chi connectivity index (χ1n) is 10.7. The maximum atomic E-state index is 12.5. The van der Waals surface area contributed by atoms with Gasteiger partial charge in [0.2, 0.25) is 5.82 Å². The Balaban J connectivity index is 1.34. The number of tetrazole rings is 1. The molecule has 0 fully saturated rings. The molecule has 10 nitrogen and oxygen atoms in total. The number of rotatable bonds is 8. The zero-order valence-corrected chi connectivity index (χ0v) is 19.9. The SMILES string of the molecule is C/C(=N\NC(=O)Cn1nnc(-c2ccccc2)n1)c1ccc(NS(=O)(=O)c2ccc(C)cc2)cc1. The molecule has 1 heterocycles. The van der Waals surface area contributed by atoms with E-state index in [4.69, 9.17) is 0 Å². The number of hydrogen-bond donors (Lipinski definition) is 2. The van der Waals surface area contributed by atoms with Crippen LogP contribution < -0.4 is 10.1 Å². The number of carbonyl (C=O) groups excluding carboxylic acids is 1. The lowest BCUT2D eigenvalue weighted by molar-refractivity contribution is -0.122. The Morgan fingerprint density at radius 1 is 0.971 bits per heavy atom. The van der Waals surface area contributed by atoms with E-state index in [1.54, 1.807) is 55.5 Å². The Bertz CT molecular complexity index is 1450. The van der Waals surface area contributed by atoms with Gasteiger partial charge in [0.15, 0.2) is 0 Å². The van der Waals surface area contributed by atoms with Crippen LogP contribution in [0.1, 0.15) is 18.1 Å². The summed E-state index contributed by atoms with van der Waals surface area (Å²) in [5, 5.41) is 16.2. The predicted molar refractivity (Wildman–Crippen MR) is 132 cm³/mol. The molecule has 4 aromatic rings. The van der Waals surface area contributed by atoms with Gasteiger partial charge in [-0.05, 0) is 48.9 Å². The van der Waals surface area contributed by atoms with Crippen LogP contribution in [0.25, 0.3) is 11.4 Å². The molecule has 0 aliphatic heterocycles. The third-order valence-electron chi connectivity index (χ3n) is 5.00. The topological polar surface area (TPSA) is 131 Å². The number of aryl methyl sites for hydroxylation is 1. The predicted octanol–water partition coefficient (Wildman–Crippen LogP) is 2.99. The van der Waals surface area contributed by atoms with Crippen molar-refractivity contribution in [3.63, 3.8) is 0 Å². The van der Waals surface area contributed by atoms with Crippen molar-refractivity contribution in [3.8, 4) is 11.4 Å². The molecule has 4 rings (SSSR count). The molecule has 0 saturated carbocycles. The lowest BCUT2D eigenvalue weighted by Crippen LogP contribution is -2.25. The largest absolute Gasteiger partial charge is 0.280 e. The highest BCUT2D eigenvalue weighted by Crippen LogP contribution is 2.17. The number of hydrogen-bond acceptors (Lipinski definition) is 7. The van der Waals surface area contributed by atoms with Crippen molar-refractivity contribution < 1.29 is 13.2 Å². The van der Waals surface area contributed by atoms with Gasteiger partial charge in [-0.25, -0.2) is 13.8 Å². The van der Waals surface area contributed by atoms with E-state index >= 15 is 0 Å².